The number of hydrogen-bond acceptors (Lipinski definition) is 2. The van der Waals surface area contributed by atoms with Crippen LogP contribution in [-0.4, -0.2) is 9.38 Å². The van der Waals surface area contributed by atoms with Crippen LogP contribution in [0.5, 0.6) is 0 Å². The Morgan fingerprint density at radius 3 is 3.16 bits per heavy atom. The quantitative estimate of drug-likeness (QED) is 0.394. The average Bonchev–Trinajstić information content (AvgIpc) is 3.05. The maximum Gasteiger partial charge on any atom is 0.344 e. The first-order valence-electron chi connectivity index (χ1n) is 6.27. The molecule has 19 heavy (non-hydrogen) atoms. The van der Waals surface area contributed by atoms with Gasteiger partial charge in [-0.25, -0.2) is 4.57 Å². The first-order valence-corrected chi connectivity index (χ1v) is 6.27. The molecular formula is C15H10N3O+. The molecule has 0 saturated carbocycles. The molecule has 5 rings (SSSR count). The van der Waals surface area contributed by atoms with E-state index in [1.807, 2.05) is 6.07 Å². The highest BCUT2D eigenvalue weighted by Gasteiger charge is 2.32. The van der Waals surface area contributed by atoms with Crippen molar-refractivity contribution in [3.63, 3.8) is 0 Å². The number of hydrogen-bond donors (Lipinski definition) is 0. The summed E-state index contributed by atoms with van der Waals surface area (Å²) in [6.45, 7) is 0.912. The van der Waals surface area contributed by atoms with Crippen LogP contribution in [0.15, 0.2) is 53.5 Å². The number of imidazole rings is 1. The van der Waals surface area contributed by atoms with Gasteiger partial charge in [-0.3, -0.25) is 4.98 Å². The van der Waals surface area contributed by atoms with Gasteiger partial charge in [0.15, 0.2) is 11.1 Å². The molecule has 0 aliphatic carbocycles. The summed E-state index contributed by atoms with van der Waals surface area (Å²) in [5, 5.41) is 0. The summed E-state index contributed by atoms with van der Waals surface area (Å²) < 4.78 is 10.3. The number of fused-ring (bicyclic) bond motifs is 7. The van der Waals surface area contributed by atoms with Crippen LogP contribution < -0.4 is 4.57 Å². The van der Waals surface area contributed by atoms with Crippen LogP contribution in [-0.2, 0) is 6.54 Å². The Bertz CT molecular complexity index is 949. The standard InChI is InChI=1S/C15H10N3O/c1-2-4-11-10(3-1)8-17-9-18-12-5-6-16-7-13(12)19-15(18)14(11)17/h1-7,9H,8H2/q+1. The minimum absolute atomic E-state index is 0.824. The highest BCUT2D eigenvalue weighted by molar-refractivity contribution is 5.82. The summed E-state index contributed by atoms with van der Waals surface area (Å²) >= 11 is 0. The molecule has 0 amide bonds. The molecule has 4 heteroatoms. The van der Waals surface area contributed by atoms with E-state index < -0.39 is 0 Å². The monoisotopic (exact) mass is 248 g/mol. The van der Waals surface area contributed by atoms with Crippen molar-refractivity contribution in [3.05, 3.63) is 54.6 Å². The smallest absolute Gasteiger partial charge is 0.344 e. The second kappa shape index (κ2) is 3.03. The lowest BCUT2D eigenvalue weighted by Crippen LogP contribution is -2.29. The first kappa shape index (κ1) is 9.33. The van der Waals surface area contributed by atoms with Crippen LogP contribution in [0.1, 0.15) is 5.56 Å². The van der Waals surface area contributed by atoms with E-state index in [0.717, 1.165) is 29.1 Å². The Kier molecular flexibility index (Phi) is 1.49. The lowest BCUT2D eigenvalue weighted by atomic mass is 10.1. The second-order valence-electron chi connectivity index (χ2n) is 4.87. The van der Waals surface area contributed by atoms with Gasteiger partial charge in [0.25, 0.3) is 6.33 Å². The second-order valence-corrected chi connectivity index (χ2v) is 4.87. The summed E-state index contributed by atoms with van der Waals surface area (Å²) in [7, 11) is 0. The normalized spacial score (nSPS) is 13.1. The van der Waals surface area contributed by atoms with Crippen LogP contribution >= 0.6 is 0 Å². The molecule has 1 aliphatic rings. The largest absolute Gasteiger partial charge is 0.413 e. The highest BCUT2D eigenvalue weighted by Crippen LogP contribution is 2.33. The van der Waals surface area contributed by atoms with Gasteiger partial charge in [0.1, 0.15) is 6.54 Å². The molecule has 4 aromatic rings. The van der Waals surface area contributed by atoms with Crippen molar-refractivity contribution in [3.8, 4) is 11.3 Å². The fourth-order valence-electron chi connectivity index (χ4n) is 2.97. The molecule has 3 aromatic heterocycles. The number of pyridine rings is 1. The summed E-state index contributed by atoms with van der Waals surface area (Å²) in [6, 6.07) is 10.5. The summed E-state index contributed by atoms with van der Waals surface area (Å²) in [4.78, 5) is 4.11. The van der Waals surface area contributed by atoms with Crippen LogP contribution in [0.25, 0.3) is 28.1 Å². The summed E-state index contributed by atoms with van der Waals surface area (Å²) in [6.07, 6.45) is 5.66. The fraction of sp³-hybridized carbons (Fsp3) is 0.0667. The third-order valence-electron chi connectivity index (χ3n) is 3.81. The minimum atomic E-state index is 0.824. The molecule has 4 heterocycles. The zero-order valence-corrected chi connectivity index (χ0v) is 10.1. The van der Waals surface area contributed by atoms with Crippen LogP contribution in [0.2, 0.25) is 0 Å². The van der Waals surface area contributed by atoms with E-state index >= 15 is 0 Å². The van der Waals surface area contributed by atoms with Crippen LogP contribution in [0.3, 0.4) is 0 Å². The average molecular weight is 248 g/mol. The predicted molar refractivity (Wildman–Crippen MR) is 69.7 cm³/mol. The maximum atomic E-state index is 5.97. The molecule has 0 bridgehead atoms. The van der Waals surface area contributed by atoms with Gasteiger partial charge in [-0.2, -0.15) is 4.40 Å². The fourth-order valence-corrected chi connectivity index (χ4v) is 2.97. The van der Waals surface area contributed by atoms with Crippen molar-refractivity contribution in [1.29, 1.82) is 0 Å². The Morgan fingerprint density at radius 2 is 2.16 bits per heavy atom. The van der Waals surface area contributed by atoms with Crippen molar-refractivity contribution < 1.29 is 8.98 Å². The number of oxazole rings is 1. The Balaban J connectivity index is 1.97. The first-order chi connectivity index (χ1) is 9.42. The van der Waals surface area contributed by atoms with E-state index in [2.05, 4.69) is 44.5 Å². The molecule has 0 N–H and O–H groups in total. The molecular weight excluding hydrogens is 238 g/mol. The van der Waals surface area contributed by atoms with Gasteiger partial charge in [-0.1, -0.05) is 18.2 Å². The van der Waals surface area contributed by atoms with Gasteiger partial charge in [0.05, 0.1) is 6.20 Å². The van der Waals surface area contributed by atoms with Gasteiger partial charge in [-0.05, 0) is 6.07 Å². The Morgan fingerprint density at radius 1 is 1.21 bits per heavy atom. The third-order valence-corrected chi connectivity index (χ3v) is 3.81. The van der Waals surface area contributed by atoms with Crippen molar-refractivity contribution >= 4 is 16.8 Å². The summed E-state index contributed by atoms with van der Waals surface area (Å²) in [5.74, 6) is 0. The lowest BCUT2D eigenvalue weighted by molar-refractivity contribution is -0.671. The number of rotatable bonds is 0. The van der Waals surface area contributed by atoms with Crippen molar-refractivity contribution in [1.82, 2.24) is 9.38 Å². The molecule has 0 spiro atoms. The van der Waals surface area contributed by atoms with E-state index in [1.165, 1.54) is 11.1 Å². The lowest BCUT2D eigenvalue weighted by Gasteiger charge is -1.91. The zero-order valence-electron chi connectivity index (χ0n) is 10.1. The van der Waals surface area contributed by atoms with Gasteiger partial charge < -0.3 is 4.42 Å². The number of benzene rings is 1. The summed E-state index contributed by atoms with van der Waals surface area (Å²) in [5.41, 5.74) is 6.55. The third kappa shape index (κ3) is 1.04. The molecule has 90 valence electrons. The van der Waals surface area contributed by atoms with Gasteiger partial charge in [0.2, 0.25) is 5.69 Å². The molecule has 1 aliphatic heterocycles. The van der Waals surface area contributed by atoms with Crippen molar-refractivity contribution in [2.24, 2.45) is 0 Å². The number of nitrogens with zero attached hydrogens (tertiary/aromatic N) is 3. The SMILES string of the molecule is c1ccc2c(c1)C[n+]1cn3c(oc4cnccc43)c1-2. The minimum Gasteiger partial charge on any atom is -0.413 e. The van der Waals surface area contributed by atoms with E-state index in [1.54, 1.807) is 12.4 Å². The molecule has 0 fully saturated rings. The Labute approximate surface area is 108 Å². The highest BCUT2D eigenvalue weighted by atomic mass is 16.3. The molecule has 4 nitrogen and oxygen atoms in total. The molecule has 1 aromatic carbocycles. The van der Waals surface area contributed by atoms with Crippen LogP contribution in [0, 0.1) is 0 Å². The topological polar surface area (TPSA) is 34.3 Å². The van der Waals surface area contributed by atoms with E-state index in [0.29, 0.717) is 0 Å². The van der Waals surface area contributed by atoms with Crippen molar-refractivity contribution in [2.75, 3.05) is 0 Å². The molecule has 0 unspecified atom stereocenters. The number of aromatic nitrogens is 3. The van der Waals surface area contributed by atoms with E-state index in [9.17, 15) is 0 Å². The molecule has 0 radical (unpaired) electrons. The molecule has 0 atom stereocenters. The van der Waals surface area contributed by atoms with E-state index in [-0.39, 0.29) is 0 Å². The van der Waals surface area contributed by atoms with Crippen LogP contribution in [0.4, 0.5) is 0 Å². The van der Waals surface area contributed by atoms with E-state index in [4.69, 9.17) is 4.42 Å². The Hall–Kier alpha value is -2.62. The van der Waals surface area contributed by atoms with Gasteiger partial charge >= 0.3 is 5.71 Å². The maximum absolute atomic E-state index is 5.97. The molecule has 0 saturated heterocycles. The predicted octanol–water partition coefficient (Wildman–Crippen LogP) is 2.40. The zero-order chi connectivity index (χ0) is 12.4. The van der Waals surface area contributed by atoms with Crippen molar-refractivity contribution in [2.45, 2.75) is 6.54 Å². The van der Waals surface area contributed by atoms with Gasteiger partial charge in [-0.15, -0.1) is 0 Å². The van der Waals surface area contributed by atoms with Gasteiger partial charge in [0, 0.05) is 23.4 Å².